The van der Waals surface area contributed by atoms with E-state index >= 15 is 0 Å². The van der Waals surface area contributed by atoms with E-state index in [4.69, 9.17) is 11.6 Å². The summed E-state index contributed by atoms with van der Waals surface area (Å²) in [5, 5.41) is 2.90. The van der Waals surface area contributed by atoms with Gasteiger partial charge in [0.1, 0.15) is 23.1 Å². The van der Waals surface area contributed by atoms with E-state index in [1.165, 1.54) is 12.4 Å². The van der Waals surface area contributed by atoms with Gasteiger partial charge in [0.2, 0.25) is 5.91 Å². The maximum atomic E-state index is 14.0. The lowest BCUT2D eigenvalue weighted by molar-refractivity contribution is -0.117. The smallest absolute Gasteiger partial charge is 0.229 e. The minimum absolute atomic E-state index is 0.179. The van der Waals surface area contributed by atoms with E-state index in [1.807, 2.05) is 0 Å². The molecule has 2 atom stereocenters. The zero-order valence-corrected chi connectivity index (χ0v) is 11.9. The SMILES string of the molecule is Cc1ccnc([C@H]2C[C@@H]2C(=O)Nc2cc(Cl)ncn2)c1F. The Morgan fingerprint density at radius 3 is 3.00 bits per heavy atom. The standard InChI is InChI=1S/C14H12ClFN4O/c1-7-2-3-17-13(12(7)16)8-4-9(8)14(21)20-11-5-10(15)18-6-19-11/h2-3,5-6,8-9H,4H2,1H3,(H,18,19,20,21)/t8-,9-/m0/s1. The Bertz CT molecular complexity index is 709. The predicted molar refractivity (Wildman–Crippen MR) is 75.5 cm³/mol. The summed E-state index contributed by atoms with van der Waals surface area (Å²) in [6.07, 6.45) is 3.41. The van der Waals surface area contributed by atoms with Gasteiger partial charge >= 0.3 is 0 Å². The minimum atomic E-state index is -0.331. The summed E-state index contributed by atoms with van der Waals surface area (Å²) in [5.41, 5.74) is 0.893. The first-order valence-electron chi connectivity index (χ1n) is 6.45. The second-order valence-electron chi connectivity index (χ2n) is 4.99. The molecule has 0 unspecified atom stereocenters. The highest BCUT2D eigenvalue weighted by Crippen LogP contribution is 2.48. The lowest BCUT2D eigenvalue weighted by Crippen LogP contribution is -2.16. The fourth-order valence-corrected chi connectivity index (χ4v) is 2.37. The van der Waals surface area contributed by atoms with Crippen LogP contribution in [0, 0.1) is 18.7 Å². The second kappa shape index (κ2) is 5.37. The number of anilines is 1. The van der Waals surface area contributed by atoms with Crippen molar-refractivity contribution in [3.63, 3.8) is 0 Å². The maximum Gasteiger partial charge on any atom is 0.229 e. The molecule has 0 aromatic carbocycles. The number of aryl methyl sites for hydroxylation is 1. The third-order valence-electron chi connectivity index (χ3n) is 3.47. The summed E-state index contributed by atoms with van der Waals surface area (Å²) in [6.45, 7) is 1.68. The molecule has 0 radical (unpaired) electrons. The molecule has 1 amide bonds. The average Bonchev–Trinajstić information content (AvgIpc) is 3.22. The highest BCUT2D eigenvalue weighted by molar-refractivity contribution is 6.29. The van der Waals surface area contributed by atoms with Gasteiger partial charge in [0.15, 0.2) is 0 Å². The van der Waals surface area contributed by atoms with Crippen molar-refractivity contribution in [2.24, 2.45) is 5.92 Å². The van der Waals surface area contributed by atoms with E-state index in [1.54, 1.807) is 19.2 Å². The van der Waals surface area contributed by atoms with Crippen molar-refractivity contribution < 1.29 is 9.18 Å². The number of nitrogens with zero attached hydrogens (tertiary/aromatic N) is 3. The van der Waals surface area contributed by atoms with Gasteiger partial charge < -0.3 is 5.32 Å². The number of nitrogens with one attached hydrogen (secondary N) is 1. The van der Waals surface area contributed by atoms with Gasteiger partial charge in [-0.15, -0.1) is 0 Å². The van der Waals surface area contributed by atoms with Gasteiger partial charge in [-0.05, 0) is 25.0 Å². The largest absolute Gasteiger partial charge is 0.310 e. The molecule has 0 spiro atoms. The lowest BCUT2D eigenvalue weighted by Gasteiger charge is -2.05. The first-order chi connectivity index (χ1) is 10.1. The Morgan fingerprint density at radius 1 is 1.43 bits per heavy atom. The molecule has 0 saturated heterocycles. The normalized spacial score (nSPS) is 20.1. The van der Waals surface area contributed by atoms with Gasteiger partial charge in [-0.3, -0.25) is 9.78 Å². The number of halogens is 2. The van der Waals surface area contributed by atoms with Crippen molar-refractivity contribution in [1.29, 1.82) is 0 Å². The van der Waals surface area contributed by atoms with Crippen molar-refractivity contribution in [2.75, 3.05) is 5.32 Å². The van der Waals surface area contributed by atoms with Crippen molar-refractivity contribution >= 4 is 23.3 Å². The first kappa shape index (κ1) is 13.9. The van der Waals surface area contributed by atoms with Gasteiger partial charge in [0, 0.05) is 24.1 Å². The Balaban J connectivity index is 1.70. The van der Waals surface area contributed by atoms with Crippen LogP contribution >= 0.6 is 11.6 Å². The Kier molecular flexibility index (Phi) is 3.55. The molecule has 0 aliphatic heterocycles. The van der Waals surface area contributed by atoms with E-state index < -0.39 is 0 Å². The molecule has 2 heterocycles. The number of carbonyl (C=O) groups excluding carboxylic acids is 1. The molecule has 1 N–H and O–H groups in total. The number of hydrogen-bond acceptors (Lipinski definition) is 4. The number of hydrogen-bond donors (Lipinski definition) is 1. The molecular formula is C14H12ClFN4O. The maximum absolute atomic E-state index is 14.0. The third kappa shape index (κ3) is 2.85. The first-order valence-corrected chi connectivity index (χ1v) is 6.83. The molecule has 0 bridgehead atoms. The summed E-state index contributed by atoms with van der Waals surface area (Å²) in [6, 6.07) is 3.07. The summed E-state index contributed by atoms with van der Waals surface area (Å²) in [5.74, 6) is -0.673. The molecule has 108 valence electrons. The van der Waals surface area contributed by atoms with Gasteiger partial charge in [0.05, 0.1) is 5.69 Å². The number of aromatic nitrogens is 3. The predicted octanol–water partition coefficient (Wildman–Crippen LogP) is 2.71. The number of pyridine rings is 1. The molecule has 1 aliphatic rings. The topological polar surface area (TPSA) is 67.8 Å². The Morgan fingerprint density at radius 2 is 2.24 bits per heavy atom. The molecule has 7 heteroatoms. The monoisotopic (exact) mass is 306 g/mol. The van der Waals surface area contributed by atoms with Crippen molar-refractivity contribution in [2.45, 2.75) is 19.3 Å². The zero-order chi connectivity index (χ0) is 15.0. The van der Waals surface area contributed by atoms with E-state index in [-0.39, 0.29) is 28.7 Å². The zero-order valence-electron chi connectivity index (χ0n) is 11.2. The fourth-order valence-electron chi connectivity index (χ4n) is 2.23. The van der Waals surface area contributed by atoms with Crippen LogP contribution in [0.25, 0.3) is 0 Å². The van der Waals surface area contributed by atoms with Crippen LogP contribution < -0.4 is 5.32 Å². The van der Waals surface area contributed by atoms with Crippen LogP contribution in [-0.2, 0) is 4.79 Å². The summed E-state index contributed by atoms with van der Waals surface area (Å²) >= 11 is 5.72. The van der Waals surface area contributed by atoms with E-state index in [0.29, 0.717) is 23.5 Å². The number of amides is 1. The molecule has 1 aliphatic carbocycles. The second-order valence-corrected chi connectivity index (χ2v) is 5.38. The van der Waals surface area contributed by atoms with Crippen molar-refractivity contribution in [1.82, 2.24) is 15.0 Å². The molecule has 5 nitrogen and oxygen atoms in total. The fraction of sp³-hybridized carbons (Fsp3) is 0.286. The van der Waals surface area contributed by atoms with Crippen LogP contribution in [0.4, 0.5) is 10.2 Å². The van der Waals surface area contributed by atoms with Crippen LogP contribution in [-0.4, -0.2) is 20.9 Å². The van der Waals surface area contributed by atoms with Gasteiger partial charge in [-0.25, -0.2) is 14.4 Å². The van der Waals surface area contributed by atoms with Crippen LogP contribution in [0.3, 0.4) is 0 Å². The Hall–Kier alpha value is -2.08. The highest BCUT2D eigenvalue weighted by Gasteiger charge is 2.46. The van der Waals surface area contributed by atoms with Crippen molar-refractivity contribution in [3.05, 3.63) is 46.9 Å². The van der Waals surface area contributed by atoms with Crippen LogP contribution in [0.5, 0.6) is 0 Å². The summed E-state index contributed by atoms with van der Waals surface area (Å²) < 4.78 is 14.0. The summed E-state index contributed by atoms with van der Waals surface area (Å²) in [4.78, 5) is 23.8. The van der Waals surface area contributed by atoms with E-state index in [0.717, 1.165) is 0 Å². The molecule has 2 aromatic rings. The van der Waals surface area contributed by atoms with Gasteiger partial charge in [-0.2, -0.15) is 0 Å². The Labute approximate surface area is 125 Å². The average molecular weight is 307 g/mol. The molecule has 21 heavy (non-hydrogen) atoms. The quantitative estimate of drug-likeness (QED) is 0.885. The van der Waals surface area contributed by atoms with Gasteiger partial charge in [-0.1, -0.05) is 11.6 Å². The molecule has 1 saturated carbocycles. The third-order valence-corrected chi connectivity index (χ3v) is 3.68. The number of rotatable bonds is 3. The van der Waals surface area contributed by atoms with Crippen LogP contribution in [0.2, 0.25) is 5.15 Å². The number of carbonyl (C=O) groups is 1. The summed E-state index contributed by atoms with van der Waals surface area (Å²) in [7, 11) is 0. The molecule has 2 aromatic heterocycles. The minimum Gasteiger partial charge on any atom is -0.310 e. The molecular weight excluding hydrogens is 295 g/mol. The van der Waals surface area contributed by atoms with E-state index in [2.05, 4.69) is 20.3 Å². The van der Waals surface area contributed by atoms with Crippen molar-refractivity contribution in [3.8, 4) is 0 Å². The van der Waals surface area contributed by atoms with Crippen LogP contribution in [0.15, 0.2) is 24.7 Å². The van der Waals surface area contributed by atoms with E-state index in [9.17, 15) is 9.18 Å². The van der Waals surface area contributed by atoms with Crippen LogP contribution in [0.1, 0.15) is 23.6 Å². The highest BCUT2D eigenvalue weighted by atomic mass is 35.5. The molecule has 1 fully saturated rings. The van der Waals surface area contributed by atoms with Gasteiger partial charge in [0.25, 0.3) is 0 Å². The molecule has 3 rings (SSSR count). The lowest BCUT2D eigenvalue weighted by atomic mass is 10.1.